The number of carbonyl (C=O) groups is 2. The molecule has 1 N–H and O–H groups in total. The van der Waals surface area contributed by atoms with Crippen LogP contribution in [0.25, 0.3) is 0 Å². The summed E-state index contributed by atoms with van der Waals surface area (Å²) >= 11 is 0. The summed E-state index contributed by atoms with van der Waals surface area (Å²) < 4.78 is 0. The monoisotopic (exact) mass is 419 g/mol. The van der Waals surface area contributed by atoms with E-state index in [-0.39, 0.29) is 17.5 Å². The maximum Gasteiger partial charge on any atom is 0.291 e. The lowest BCUT2D eigenvalue weighted by Gasteiger charge is -2.29. The van der Waals surface area contributed by atoms with Crippen molar-refractivity contribution in [1.29, 1.82) is 0 Å². The number of hydrogen-bond donors (Lipinski definition) is 1. The molecule has 1 fully saturated rings. The van der Waals surface area contributed by atoms with Gasteiger partial charge in [-0.25, -0.2) is 9.97 Å². The van der Waals surface area contributed by atoms with E-state index in [1.54, 1.807) is 30.3 Å². The molecule has 162 valence electrons. The number of carbonyl (C=O) groups excluding carboxylic acids is 2. The Morgan fingerprint density at radius 1 is 1.13 bits per heavy atom. The van der Waals surface area contributed by atoms with Crippen LogP contribution in [-0.2, 0) is 4.79 Å². The van der Waals surface area contributed by atoms with E-state index in [0.29, 0.717) is 38.8 Å². The molecular formula is C25H29N3O3. The molecule has 1 aromatic heterocycles. The zero-order chi connectivity index (χ0) is 22.4. The van der Waals surface area contributed by atoms with E-state index in [2.05, 4.69) is 21.8 Å². The van der Waals surface area contributed by atoms with Crippen molar-refractivity contribution in [2.24, 2.45) is 0 Å². The third-order valence-corrected chi connectivity index (χ3v) is 5.73. The van der Waals surface area contributed by atoms with Crippen LogP contribution in [0.4, 0.5) is 0 Å². The van der Waals surface area contributed by atoms with Crippen LogP contribution in [0, 0.1) is 25.7 Å². The largest absolute Gasteiger partial charge is 0.392 e. The molecule has 1 aliphatic heterocycles. The Morgan fingerprint density at radius 2 is 1.77 bits per heavy atom. The molecule has 0 radical (unpaired) electrons. The second kappa shape index (κ2) is 10.3. The van der Waals surface area contributed by atoms with E-state index < -0.39 is 12.0 Å². The van der Waals surface area contributed by atoms with Crippen LogP contribution in [0.3, 0.4) is 0 Å². The van der Waals surface area contributed by atoms with Crippen molar-refractivity contribution < 1.29 is 14.7 Å². The number of amides is 1. The lowest BCUT2D eigenvalue weighted by molar-refractivity contribution is -0.123. The Balaban J connectivity index is 1.80. The Labute approximate surface area is 183 Å². The second-order valence-electron chi connectivity index (χ2n) is 8.02. The van der Waals surface area contributed by atoms with Gasteiger partial charge in [0, 0.05) is 37.5 Å². The van der Waals surface area contributed by atoms with Crippen LogP contribution in [0.1, 0.15) is 71.4 Å². The predicted molar refractivity (Wildman–Crippen MR) is 119 cm³/mol. The first kappa shape index (κ1) is 22.6. The van der Waals surface area contributed by atoms with Crippen LogP contribution in [0.15, 0.2) is 30.6 Å². The molecule has 2 atom stereocenters. The molecule has 2 aromatic rings. The lowest BCUT2D eigenvalue weighted by Crippen LogP contribution is -2.37. The number of aliphatic hydroxyl groups excluding tert-OH is 1. The van der Waals surface area contributed by atoms with Gasteiger partial charge in [0.15, 0.2) is 0 Å². The Kier molecular flexibility index (Phi) is 7.54. The molecule has 31 heavy (non-hydrogen) atoms. The third kappa shape index (κ3) is 5.36. The van der Waals surface area contributed by atoms with Gasteiger partial charge in [-0.1, -0.05) is 5.92 Å². The average molecular weight is 420 g/mol. The molecule has 0 bridgehead atoms. The molecule has 2 heterocycles. The number of aryl methyl sites for hydroxylation is 2. The van der Waals surface area contributed by atoms with Gasteiger partial charge in [-0.3, -0.25) is 9.59 Å². The summed E-state index contributed by atoms with van der Waals surface area (Å²) in [5, 5.41) is 11.0. The van der Waals surface area contributed by atoms with Crippen molar-refractivity contribution in [2.75, 3.05) is 13.1 Å². The first-order valence-corrected chi connectivity index (χ1v) is 10.7. The molecule has 6 heteroatoms. The molecule has 1 aromatic carbocycles. The first-order chi connectivity index (χ1) is 14.9. The molecule has 1 aliphatic rings. The highest BCUT2D eigenvalue weighted by Gasteiger charge is 2.32. The third-order valence-electron chi connectivity index (χ3n) is 5.73. The van der Waals surface area contributed by atoms with Crippen LogP contribution >= 0.6 is 0 Å². The van der Waals surface area contributed by atoms with E-state index in [1.165, 1.54) is 0 Å². The summed E-state index contributed by atoms with van der Waals surface area (Å²) in [5.74, 6) is 5.35. The summed E-state index contributed by atoms with van der Waals surface area (Å²) in [6, 6.07) is 5.63. The molecule has 0 spiro atoms. The highest BCUT2D eigenvalue weighted by Crippen LogP contribution is 2.32. The zero-order valence-corrected chi connectivity index (χ0v) is 18.4. The van der Waals surface area contributed by atoms with Crippen molar-refractivity contribution in [3.63, 3.8) is 0 Å². The van der Waals surface area contributed by atoms with E-state index in [9.17, 15) is 14.7 Å². The van der Waals surface area contributed by atoms with Gasteiger partial charge < -0.3 is 10.0 Å². The van der Waals surface area contributed by atoms with Gasteiger partial charge in [0.2, 0.25) is 5.82 Å². The molecular weight excluding hydrogens is 390 g/mol. The van der Waals surface area contributed by atoms with Gasteiger partial charge in [-0.15, -0.1) is 5.92 Å². The van der Waals surface area contributed by atoms with Crippen molar-refractivity contribution >= 4 is 11.7 Å². The number of benzene rings is 1. The standard InChI is InChI=1S/C25H29N3O3/c1-4-8-19-15-17(2)22(18(3)16-19)23-20(29)9-5-13-28(14-6-10-21(23)30)25(31)24-26-11-7-12-27-24/h7,11-12,15-16,20,23,29H,5-6,9-10,13-14H2,1-3H3. The van der Waals surface area contributed by atoms with E-state index in [4.69, 9.17) is 0 Å². The summed E-state index contributed by atoms with van der Waals surface area (Å²) in [4.78, 5) is 35.7. The average Bonchev–Trinajstić information content (AvgIpc) is 2.75. The summed E-state index contributed by atoms with van der Waals surface area (Å²) in [5.41, 5.74) is 3.78. The number of aromatic nitrogens is 2. The topological polar surface area (TPSA) is 83.4 Å². The maximum atomic E-state index is 13.2. The minimum Gasteiger partial charge on any atom is -0.392 e. The second-order valence-corrected chi connectivity index (χ2v) is 8.02. The van der Waals surface area contributed by atoms with E-state index in [0.717, 1.165) is 22.3 Å². The fourth-order valence-electron chi connectivity index (χ4n) is 4.37. The lowest BCUT2D eigenvalue weighted by atomic mass is 9.80. The van der Waals surface area contributed by atoms with Crippen LogP contribution in [0.5, 0.6) is 0 Å². The van der Waals surface area contributed by atoms with Gasteiger partial charge in [-0.05, 0) is 74.9 Å². The Morgan fingerprint density at radius 3 is 2.42 bits per heavy atom. The number of aliphatic hydroxyl groups is 1. The fraction of sp³-hybridized carbons (Fsp3) is 0.440. The first-order valence-electron chi connectivity index (χ1n) is 10.7. The highest BCUT2D eigenvalue weighted by molar-refractivity contribution is 5.90. The Bertz CT molecular complexity index is 985. The number of nitrogens with zero attached hydrogens (tertiary/aromatic N) is 3. The van der Waals surface area contributed by atoms with Crippen molar-refractivity contribution in [3.8, 4) is 11.8 Å². The normalized spacial score (nSPS) is 20.0. The van der Waals surface area contributed by atoms with Gasteiger partial charge in [0.05, 0.1) is 12.0 Å². The van der Waals surface area contributed by atoms with Crippen molar-refractivity contribution in [1.82, 2.24) is 14.9 Å². The van der Waals surface area contributed by atoms with E-state index in [1.807, 2.05) is 26.0 Å². The molecule has 0 aliphatic carbocycles. The van der Waals surface area contributed by atoms with Gasteiger partial charge >= 0.3 is 0 Å². The van der Waals surface area contributed by atoms with E-state index >= 15 is 0 Å². The molecule has 0 saturated carbocycles. The number of hydrogen-bond acceptors (Lipinski definition) is 5. The highest BCUT2D eigenvalue weighted by atomic mass is 16.3. The van der Waals surface area contributed by atoms with Gasteiger partial charge in [-0.2, -0.15) is 0 Å². The summed E-state index contributed by atoms with van der Waals surface area (Å²) in [6.45, 7) is 6.71. The predicted octanol–water partition coefficient (Wildman–Crippen LogP) is 3.19. The van der Waals surface area contributed by atoms with Gasteiger partial charge in [0.1, 0.15) is 5.78 Å². The number of Topliss-reactive ketones (excluding diaryl/α,β-unsaturated/α-hetero) is 1. The molecule has 6 nitrogen and oxygen atoms in total. The van der Waals surface area contributed by atoms with Crippen LogP contribution in [-0.4, -0.2) is 50.9 Å². The number of rotatable bonds is 2. The molecule has 1 saturated heterocycles. The van der Waals surface area contributed by atoms with Gasteiger partial charge in [0.25, 0.3) is 5.91 Å². The molecule has 2 unspecified atom stereocenters. The maximum absolute atomic E-state index is 13.2. The molecule has 1 amide bonds. The molecule has 3 rings (SSSR count). The summed E-state index contributed by atoms with van der Waals surface area (Å²) in [7, 11) is 0. The zero-order valence-electron chi connectivity index (χ0n) is 18.4. The fourth-order valence-corrected chi connectivity index (χ4v) is 4.37. The summed E-state index contributed by atoms with van der Waals surface area (Å²) in [6.07, 6.45) is 4.17. The minimum absolute atomic E-state index is 0.0123. The van der Waals surface area contributed by atoms with Crippen LogP contribution in [0.2, 0.25) is 0 Å². The minimum atomic E-state index is -0.795. The Hall–Kier alpha value is -3.04. The SMILES string of the molecule is CC#Cc1cc(C)c(C2C(=O)CCCN(C(=O)c3ncccn3)CCCC2O)c(C)c1. The van der Waals surface area contributed by atoms with Crippen molar-refractivity contribution in [2.45, 2.75) is 58.5 Å². The van der Waals surface area contributed by atoms with Crippen LogP contribution < -0.4 is 0 Å². The quantitative estimate of drug-likeness (QED) is 0.756. The smallest absolute Gasteiger partial charge is 0.291 e. The van der Waals surface area contributed by atoms with Crippen molar-refractivity contribution in [3.05, 3.63) is 58.7 Å². The number of ketones is 1.